The molecular weight excluding hydrogens is 474 g/mol. The number of rotatable bonds is 8. The first-order chi connectivity index (χ1) is 15.2. The summed E-state index contributed by atoms with van der Waals surface area (Å²) in [7, 11) is -2.51. The van der Waals surface area contributed by atoms with Crippen molar-refractivity contribution >= 4 is 39.1 Å². The molecule has 32 heavy (non-hydrogen) atoms. The van der Waals surface area contributed by atoms with E-state index < -0.39 is 28.3 Å². The van der Waals surface area contributed by atoms with E-state index in [0.29, 0.717) is 21.2 Å². The molecule has 9 heteroatoms. The standard InChI is InChI=1S/C23H21Cl2FN2O3S/c1-27(15-18-4-2-3-5-22(18)26)23(29)16-28(14-17-6-8-19(24)9-7-17)32(30,31)21-12-10-20(25)11-13-21/h2-13H,14-16H2,1H3. The van der Waals surface area contributed by atoms with Gasteiger partial charge >= 0.3 is 0 Å². The maximum atomic E-state index is 14.0. The molecule has 3 rings (SSSR count). The Labute approximate surface area is 197 Å². The molecule has 0 bridgehead atoms. The van der Waals surface area contributed by atoms with E-state index in [2.05, 4.69) is 0 Å². The minimum atomic E-state index is -4.02. The number of amides is 1. The topological polar surface area (TPSA) is 57.7 Å². The van der Waals surface area contributed by atoms with E-state index in [9.17, 15) is 17.6 Å². The number of hydrogen-bond acceptors (Lipinski definition) is 3. The molecule has 0 aliphatic rings. The monoisotopic (exact) mass is 494 g/mol. The molecule has 0 unspecified atom stereocenters. The zero-order chi connectivity index (χ0) is 23.3. The van der Waals surface area contributed by atoms with Gasteiger partial charge in [-0.2, -0.15) is 4.31 Å². The highest BCUT2D eigenvalue weighted by Crippen LogP contribution is 2.22. The minimum Gasteiger partial charge on any atom is -0.340 e. The van der Waals surface area contributed by atoms with Crippen LogP contribution in [0.4, 0.5) is 4.39 Å². The summed E-state index contributed by atoms with van der Waals surface area (Å²) in [5.74, 6) is -0.904. The predicted octanol–water partition coefficient (Wildman–Crippen LogP) is 4.98. The maximum Gasteiger partial charge on any atom is 0.243 e. The Balaban J connectivity index is 1.86. The van der Waals surface area contributed by atoms with Gasteiger partial charge in [0.15, 0.2) is 0 Å². The average Bonchev–Trinajstić information content (AvgIpc) is 2.76. The molecule has 0 fully saturated rings. The van der Waals surface area contributed by atoms with Gasteiger partial charge in [-0.15, -0.1) is 0 Å². The number of nitrogens with zero attached hydrogens (tertiary/aromatic N) is 2. The molecule has 0 heterocycles. The highest BCUT2D eigenvalue weighted by Gasteiger charge is 2.28. The Morgan fingerprint density at radius 2 is 1.44 bits per heavy atom. The maximum absolute atomic E-state index is 14.0. The lowest BCUT2D eigenvalue weighted by Crippen LogP contribution is -2.41. The van der Waals surface area contributed by atoms with Gasteiger partial charge in [-0.1, -0.05) is 53.5 Å². The molecule has 0 N–H and O–H groups in total. The third-order valence-corrected chi connectivity index (χ3v) is 7.14. The van der Waals surface area contributed by atoms with E-state index in [4.69, 9.17) is 23.2 Å². The highest BCUT2D eigenvalue weighted by molar-refractivity contribution is 7.89. The van der Waals surface area contributed by atoms with Crippen molar-refractivity contribution < 1.29 is 17.6 Å². The fourth-order valence-electron chi connectivity index (χ4n) is 3.02. The van der Waals surface area contributed by atoms with Crippen LogP contribution in [0.15, 0.2) is 77.7 Å². The van der Waals surface area contributed by atoms with Gasteiger partial charge in [0, 0.05) is 35.7 Å². The van der Waals surface area contributed by atoms with Crippen molar-refractivity contribution in [2.75, 3.05) is 13.6 Å². The number of sulfonamides is 1. The summed E-state index contributed by atoms with van der Waals surface area (Å²) in [4.78, 5) is 14.2. The van der Waals surface area contributed by atoms with Crippen LogP contribution in [0.5, 0.6) is 0 Å². The van der Waals surface area contributed by atoms with Crippen molar-refractivity contribution in [1.29, 1.82) is 0 Å². The second kappa shape index (κ2) is 10.4. The number of hydrogen-bond donors (Lipinski definition) is 0. The number of carbonyl (C=O) groups excluding carboxylic acids is 1. The molecule has 0 saturated heterocycles. The SMILES string of the molecule is CN(Cc1ccccc1F)C(=O)CN(Cc1ccc(Cl)cc1)S(=O)(=O)c1ccc(Cl)cc1. The molecule has 5 nitrogen and oxygen atoms in total. The quantitative estimate of drug-likeness (QED) is 0.443. The van der Waals surface area contributed by atoms with E-state index in [1.165, 1.54) is 42.3 Å². The Kier molecular flexibility index (Phi) is 7.90. The molecule has 3 aromatic rings. The molecule has 1 amide bonds. The molecule has 3 aromatic carbocycles. The number of benzene rings is 3. The summed E-state index contributed by atoms with van der Waals surface area (Å²) in [5.41, 5.74) is 1.00. The van der Waals surface area contributed by atoms with Gasteiger partial charge in [0.25, 0.3) is 0 Å². The Hall–Kier alpha value is -2.45. The summed E-state index contributed by atoms with van der Waals surface area (Å²) >= 11 is 11.8. The largest absolute Gasteiger partial charge is 0.340 e. The van der Waals surface area contributed by atoms with Crippen molar-refractivity contribution in [3.63, 3.8) is 0 Å². The van der Waals surface area contributed by atoms with Crippen LogP contribution in [-0.4, -0.2) is 37.1 Å². The van der Waals surface area contributed by atoms with Gasteiger partial charge in [-0.3, -0.25) is 4.79 Å². The van der Waals surface area contributed by atoms with Crippen molar-refractivity contribution in [1.82, 2.24) is 9.21 Å². The van der Waals surface area contributed by atoms with E-state index >= 15 is 0 Å². The smallest absolute Gasteiger partial charge is 0.243 e. The summed E-state index contributed by atoms with van der Waals surface area (Å²) in [5, 5.41) is 0.912. The molecule has 0 aromatic heterocycles. The van der Waals surface area contributed by atoms with Gasteiger partial charge in [-0.05, 0) is 48.0 Å². The molecule has 0 radical (unpaired) electrons. The third kappa shape index (κ3) is 6.07. The number of carbonyl (C=O) groups is 1. The number of halogens is 3. The molecule has 168 valence electrons. The van der Waals surface area contributed by atoms with Crippen LogP contribution in [0.1, 0.15) is 11.1 Å². The normalized spacial score (nSPS) is 11.5. The van der Waals surface area contributed by atoms with E-state index in [1.807, 2.05) is 0 Å². The lowest BCUT2D eigenvalue weighted by atomic mass is 10.2. The van der Waals surface area contributed by atoms with E-state index in [0.717, 1.165) is 4.31 Å². The first-order valence-electron chi connectivity index (χ1n) is 9.64. The zero-order valence-electron chi connectivity index (χ0n) is 17.2. The van der Waals surface area contributed by atoms with Crippen LogP contribution in [-0.2, 0) is 27.9 Å². The molecule has 0 saturated carbocycles. The van der Waals surface area contributed by atoms with Crippen LogP contribution in [0, 0.1) is 5.82 Å². The van der Waals surface area contributed by atoms with Gasteiger partial charge < -0.3 is 4.90 Å². The average molecular weight is 495 g/mol. The highest BCUT2D eigenvalue weighted by atomic mass is 35.5. The van der Waals surface area contributed by atoms with Crippen LogP contribution in [0.2, 0.25) is 10.0 Å². The van der Waals surface area contributed by atoms with Crippen molar-refractivity contribution in [2.45, 2.75) is 18.0 Å². The number of likely N-dealkylation sites (N-methyl/N-ethyl adjacent to an activating group) is 1. The Morgan fingerprint density at radius 3 is 2.03 bits per heavy atom. The van der Waals surface area contributed by atoms with Crippen molar-refractivity contribution in [2.24, 2.45) is 0 Å². The summed E-state index contributed by atoms with van der Waals surface area (Å²) < 4.78 is 41.7. The Bertz CT molecular complexity index is 1190. The second-order valence-electron chi connectivity index (χ2n) is 7.19. The summed E-state index contributed by atoms with van der Waals surface area (Å²) in [6, 6.07) is 18.5. The van der Waals surface area contributed by atoms with Crippen LogP contribution >= 0.6 is 23.2 Å². The minimum absolute atomic E-state index is 0.0143. The van der Waals surface area contributed by atoms with Crippen molar-refractivity contribution in [3.8, 4) is 0 Å². The summed E-state index contributed by atoms with van der Waals surface area (Å²) in [6.07, 6.45) is 0. The molecule has 0 aliphatic carbocycles. The molecular formula is C23H21Cl2FN2O3S. The van der Waals surface area contributed by atoms with Crippen LogP contribution in [0.3, 0.4) is 0 Å². The van der Waals surface area contributed by atoms with Gasteiger partial charge in [-0.25, -0.2) is 12.8 Å². The second-order valence-corrected chi connectivity index (χ2v) is 10.0. The third-order valence-electron chi connectivity index (χ3n) is 4.83. The van der Waals surface area contributed by atoms with Crippen LogP contribution < -0.4 is 0 Å². The fraction of sp³-hybridized carbons (Fsp3) is 0.174. The summed E-state index contributed by atoms with van der Waals surface area (Å²) in [6.45, 7) is -0.443. The Morgan fingerprint density at radius 1 is 0.875 bits per heavy atom. The van der Waals surface area contributed by atoms with Gasteiger partial charge in [0.1, 0.15) is 5.82 Å². The molecule has 0 aliphatic heterocycles. The lowest BCUT2D eigenvalue weighted by molar-refractivity contribution is -0.130. The van der Waals surface area contributed by atoms with Crippen LogP contribution in [0.25, 0.3) is 0 Å². The fourth-order valence-corrected chi connectivity index (χ4v) is 4.65. The molecule has 0 spiro atoms. The first kappa shape index (κ1) is 24.2. The van der Waals surface area contributed by atoms with E-state index in [1.54, 1.807) is 42.5 Å². The predicted molar refractivity (Wildman–Crippen MR) is 123 cm³/mol. The van der Waals surface area contributed by atoms with Gasteiger partial charge in [0.2, 0.25) is 15.9 Å². The zero-order valence-corrected chi connectivity index (χ0v) is 19.5. The van der Waals surface area contributed by atoms with E-state index in [-0.39, 0.29) is 18.0 Å². The first-order valence-corrected chi connectivity index (χ1v) is 11.8. The lowest BCUT2D eigenvalue weighted by Gasteiger charge is -2.25. The molecule has 0 atom stereocenters. The van der Waals surface area contributed by atoms with Gasteiger partial charge in [0.05, 0.1) is 11.4 Å². The van der Waals surface area contributed by atoms with Crippen molar-refractivity contribution in [3.05, 3.63) is 99.8 Å².